The summed E-state index contributed by atoms with van der Waals surface area (Å²) in [5.74, 6) is -0.816. The molecule has 130 valence electrons. The molecular weight excluding hydrogens is 356 g/mol. The van der Waals surface area contributed by atoms with Crippen LogP contribution in [0.5, 0.6) is 0 Å². The van der Waals surface area contributed by atoms with Crippen LogP contribution in [0.1, 0.15) is 18.9 Å². The van der Waals surface area contributed by atoms with Crippen LogP contribution in [-0.2, 0) is 14.3 Å². The number of aromatic nitrogens is 3. The third-order valence-electron chi connectivity index (χ3n) is 3.99. The lowest BCUT2D eigenvalue weighted by molar-refractivity contribution is -0.153. The Morgan fingerprint density at radius 1 is 1.15 bits per heavy atom. The zero-order chi connectivity index (χ0) is 18.3. The molecule has 0 saturated carbocycles. The fourth-order valence-corrected chi connectivity index (χ4v) is 3.11. The van der Waals surface area contributed by atoms with E-state index in [0.717, 1.165) is 0 Å². The van der Waals surface area contributed by atoms with Gasteiger partial charge in [-0.15, -0.1) is 10.2 Å². The van der Waals surface area contributed by atoms with Gasteiger partial charge in [0.05, 0.1) is 11.4 Å². The molecular formula is C18H13ClN4O3. The highest BCUT2D eigenvalue weighted by Crippen LogP contribution is 2.39. The maximum absolute atomic E-state index is 13.3. The zero-order valence-electron chi connectivity index (χ0n) is 13.7. The van der Waals surface area contributed by atoms with Crippen LogP contribution in [0.15, 0.2) is 54.9 Å². The van der Waals surface area contributed by atoms with Crippen molar-refractivity contribution in [2.45, 2.75) is 13.0 Å². The van der Waals surface area contributed by atoms with E-state index in [1.807, 2.05) is 18.2 Å². The first-order chi connectivity index (χ1) is 12.6. The molecule has 3 aromatic rings. The molecule has 4 rings (SSSR count). The van der Waals surface area contributed by atoms with Gasteiger partial charge in [0, 0.05) is 17.6 Å². The predicted octanol–water partition coefficient (Wildman–Crippen LogP) is 3.20. The minimum atomic E-state index is -1.22. The highest BCUT2D eigenvalue weighted by Gasteiger charge is 2.39. The summed E-state index contributed by atoms with van der Waals surface area (Å²) in [4.78, 5) is 26.4. The number of esters is 1. The van der Waals surface area contributed by atoms with Gasteiger partial charge in [-0.3, -0.25) is 19.1 Å². The molecule has 0 fully saturated rings. The lowest BCUT2D eigenvalue weighted by Gasteiger charge is -2.25. The van der Waals surface area contributed by atoms with E-state index in [9.17, 15) is 9.59 Å². The molecule has 0 radical (unpaired) electrons. The predicted molar refractivity (Wildman–Crippen MR) is 94.5 cm³/mol. The van der Waals surface area contributed by atoms with Crippen LogP contribution in [0.4, 0.5) is 11.4 Å². The van der Waals surface area contributed by atoms with Gasteiger partial charge in [0.1, 0.15) is 6.33 Å². The van der Waals surface area contributed by atoms with Gasteiger partial charge in [0.25, 0.3) is 5.91 Å². The summed E-state index contributed by atoms with van der Waals surface area (Å²) in [5, 5.41) is 8.35. The van der Waals surface area contributed by atoms with Crippen molar-refractivity contribution < 1.29 is 14.3 Å². The number of benzene rings is 2. The summed E-state index contributed by atoms with van der Waals surface area (Å²) in [6.07, 6.45) is 0.252. The van der Waals surface area contributed by atoms with Crippen LogP contribution in [0, 0.1) is 0 Å². The first kappa shape index (κ1) is 16.3. The lowest BCUT2D eigenvalue weighted by Crippen LogP contribution is -2.33. The van der Waals surface area contributed by atoms with Crippen LogP contribution in [0.25, 0.3) is 5.69 Å². The second kappa shape index (κ2) is 6.27. The highest BCUT2D eigenvalue weighted by molar-refractivity contribution is 6.31. The number of hydrogen-bond acceptors (Lipinski definition) is 5. The van der Waals surface area contributed by atoms with Crippen molar-refractivity contribution in [3.05, 3.63) is 65.7 Å². The molecule has 0 spiro atoms. The van der Waals surface area contributed by atoms with Crippen LogP contribution in [-0.4, -0.2) is 26.6 Å². The molecule has 1 amide bonds. The molecule has 1 aliphatic heterocycles. The Morgan fingerprint density at radius 3 is 2.65 bits per heavy atom. The van der Waals surface area contributed by atoms with Gasteiger partial charge in [-0.25, -0.2) is 0 Å². The maximum atomic E-state index is 13.3. The standard InChI is InChI=1S/C18H13ClN4O3/c1-11(24)26-16-17-21-20-10-22(17)14-8-7-12(19)9-15(14)23(18(16)25)13-5-3-2-4-6-13/h2-10,16H,1H3. The number of para-hydroxylation sites is 1. The molecule has 1 aliphatic rings. The van der Waals surface area contributed by atoms with E-state index in [0.29, 0.717) is 22.1 Å². The van der Waals surface area contributed by atoms with E-state index < -0.39 is 18.0 Å². The smallest absolute Gasteiger partial charge is 0.303 e. The third-order valence-corrected chi connectivity index (χ3v) is 4.22. The number of halogens is 1. The fourth-order valence-electron chi connectivity index (χ4n) is 2.95. The van der Waals surface area contributed by atoms with E-state index in [1.165, 1.54) is 18.2 Å². The van der Waals surface area contributed by atoms with Crippen molar-refractivity contribution in [3.8, 4) is 5.69 Å². The molecule has 0 saturated heterocycles. The van der Waals surface area contributed by atoms with Gasteiger partial charge in [-0.1, -0.05) is 29.8 Å². The van der Waals surface area contributed by atoms with Crippen LogP contribution < -0.4 is 4.90 Å². The Labute approximate surface area is 153 Å². The molecule has 0 N–H and O–H groups in total. The zero-order valence-corrected chi connectivity index (χ0v) is 14.4. The molecule has 2 aromatic carbocycles. The molecule has 7 nitrogen and oxygen atoms in total. The van der Waals surface area contributed by atoms with Crippen molar-refractivity contribution in [3.63, 3.8) is 0 Å². The van der Waals surface area contributed by atoms with E-state index in [2.05, 4.69) is 10.2 Å². The van der Waals surface area contributed by atoms with E-state index in [1.54, 1.807) is 34.9 Å². The minimum absolute atomic E-state index is 0.229. The normalized spacial score (nSPS) is 15.8. The molecule has 1 atom stereocenters. The van der Waals surface area contributed by atoms with Gasteiger partial charge in [0.2, 0.25) is 6.10 Å². The molecule has 1 unspecified atom stereocenters. The van der Waals surface area contributed by atoms with Crippen molar-refractivity contribution in [1.29, 1.82) is 0 Å². The number of nitrogens with zero attached hydrogens (tertiary/aromatic N) is 4. The average molecular weight is 369 g/mol. The van der Waals surface area contributed by atoms with Gasteiger partial charge in [-0.05, 0) is 30.3 Å². The number of hydrogen-bond donors (Lipinski definition) is 0. The number of anilines is 2. The van der Waals surface area contributed by atoms with Crippen LogP contribution >= 0.6 is 11.6 Å². The summed E-state index contributed by atoms with van der Waals surface area (Å²) in [6.45, 7) is 1.25. The Balaban J connectivity index is 2.00. The first-order valence-corrected chi connectivity index (χ1v) is 8.20. The molecule has 0 aliphatic carbocycles. The van der Waals surface area contributed by atoms with E-state index in [4.69, 9.17) is 16.3 Å². The fraction of sp³-hybridized carbons (Fsp3) is 0.111. The molecule has 0 bridgehead atoms. The van der Waals surface area contributed by atoms with Gasteiger partial charge >= 0.3 is 5.97 Å². The number of fused-ring (bicyclic) bond motifs is 3. The van der Waals surface area contributed by atoms with Crippen LogP contribution in [0.2, 0.25) is 5.02 Å². The number of ether oxygens (including phenoxy) is 1. The molecule has 1 aromatic heterocycles. The Hall–Kier alpha value is -3.19. The van der Waals surface area contributed by atoms with E-state index in [-0.39, 0.29) is 5.82 Å². The summed E-state index contributed by atoms with van der Waals surface area (Å²) in [6, 6.07) is 14.2. The quantitative estimate of drug-likeness (QED) is 0.649. The van der Waals surface area contributed by atoms with Crippen molar-refractivity contribution in [2.24, 2.45) is 0 Å². The molecule has 26 heavy (non-hydrogen) atoms. The van der Waals surface area contributed by atoms with Gasteiger partial charge in [-0.2, -0.15) is 0 Å². The lowest BCUT2D eigenvalue weighted by atomic mass is 10.2. The van der Waals surface area contributed by atoms with Crippen molar-refractivity contribution in [1.82, 2.24) is 14.8 Å². The number of carbonyl (C=O) groups is 2. The third kappa shape index (κ3) is 2.62. The summed E-state index contributed by atoms with van der Waals surface area (Å²) in [7, 11) is 0. The van der Waals surface area contributed by atoms with Crippen molar-refractivity contribution in [2.75, 3.05) is 4.90 Å². The number of rotatable bonds is 2. The van der Waals surface area contributed by atoms with Gasteiger partial charge < -0.3 is 4.74 Å². The molecule has 8 heteroatoms. The van der Waals surface area contributed by atoms with Crippen LogP contribution in [0.3, 0.4) is 0 Å². The average Bonchev–Trinajstić information content (AvgIpc) is 3.07. The van der Waals surface area contributed by atoms with Gasteiger partial charge in [0.15, 0.2) is 5.82 Å². The Morgan fingerprint density at radius 2 is 1.92 bits per heavy atom. The Bertz CT molecular complexity index is 1000. The molecule has 2 heterocycles. The summed E-state index contributed by atoms with van der Waals surface area (Å²) >= 11 is 6.19. The Kier molecular flexibility index (Phi) is 3.93. The van der Waals surface area contributed by atoms with E-state index >= 15 is 0 Å². The SMILES string of the molecule is CC(=O)OC1C(=O)N(c2ccccc2)c2cc(Cl)ccc2-n2cnnc21. The summed E-state index contributed by atoms with van der Waals surface area (Å²) < 4.78 is 6.92. The first-order valence-electron chi connectivity index (χ1n) is 7.82. The topological polar surface area (TPSA) is 77.3 Å². The number of carbonyl (C=O) groups excluding carboxylic acids is 2. The second-order valence-electron chi connectivity index (χ2n) is 5.69. The van der Waals surface area contributed by atoms with Crippen molar-refractivity contribution >= 4 is 34.9 Å². The summed E-state index contributed by atoms with van der Waals surface area (Å²) in [5.41, 5.74) is 1.82. The minimum Gasteiger partial charge on any atom is -0.444 e. The maximum Gasteiger partial charge on any atom is 0.303 e. The second-order valence-corrected chi connectivity index (χ2v) is 6.13. The number of amides is 1. The monoisotopic (exact) mass is 368 g/mol. The highest BCUT2D eigenvalue weighted by atomic mass is 35.5. The largest absolute Gasteiger partial charge is 0.444 e.